The van der Waals surface area contributed by atoms with Crippen molar-refractivity contribution in [2.75, 3.05) is 23.7 Å². The summed E-state index contributed by atoms with van der Waals surface area (Å²) >= 11 is 0. The van der Waals surface area contributed by atoms with Gasteiger partial charge in [-0.15, -0.1) is 0 Å². The zero-order chi connectivity index (χ0) is 11.5. The van der Waals surface area contributed by atoms with Gasteiger partial charge in [0.1, 0.15) is 0 Å². The summed E-state index contributed by atoms with van der Waals surface area (Å²) in [6, 6.07) is 5.32. The quantitative estimate of drug-likeness (QED) is 0.738. The summed E-state index contributed by atoms with van der Waals surface area (Å²) in [6.45, 7) is 1.91. The molecule has 4 N–H and O–H groups in total. The Morgan fingerprint density at radius 1 is 1.19 bits per heavy atom. The Labute approximate surface area is 95.2 Å². The van der Waals surface area contributed by atoms with E-state index in [1.54, 1.807) is 12.1 Å². The summed E-state index contributed by atoms with van der Waals surface area (Å²) in [7, 11) is 0. The van der Waals surface area contributed by atoms with Crippen molar-refractivity contribution in [3.63, 3.8) is 0 Å². The molecule has 1 aliphatic heterocycles. The van der Waals surface area contributed by atoms with Crippen molar-refractivity contribution in [3.05, 3.63) is 23.8 Å². The van der Waals surface area contributed by atoms with Gasteiger partial charge in [-0.25, -0.2) is 0 Å². The topological polar surface area (TPSA) is 72.3 Å². The second kappa shape index (κ2) is 4.43. The normalized spacial score (nSPS) is 16.1. The predicted molar refractivity (Wildman–Crippen MR) is 65.4 cm³/mol. The summed E-state index contributed by atoms with van der Waals surface area (Å²) < 4.78 is 0. The minimum atomic E-state index is -0.409. The van der Waals surface area contributed by atoms with E-state index in [-0.39, 0.29) is 0 Å². The number of anilines is 2. The third-order valence-electron chi connectivity index (χ3n) is 3.00. The molecule has 0 atom stereocenters. The van der Waals surface area contributed by atoms with E-state index < -0.39 is 5.91 Å². The molecule has 0 bridgehead atoms. The van der Waals surface area contributed by atoms with Crippen LogP contribution in [0, 0.1) is 0 Å². The Hall–Kier alpha value is -1.71. The number of nitrogen functional groups attached to an aromatic ring is 1. The van der Waals surface area contributed by atoms with Gasteiger partial charge in [-0.1, -0.05) is 6.07 Å². The third-order valence-corrected chi connectivity index (χ3v) is 3.00. The largest absolute Gasteiger partial charge is 0.397 e. The molecular formula is C12H17N3O. The van der Waals surface area contributed by atoms with Crippen molar-refractivity contribution in [3.8, 4) is 0 Å². The lowest BCUT2D eigenvalue weighted by atomic mass is 10.1. The number of piperidine rings is 1. The second-order valence-corrected chi connectivity index (χ2v) is 4.16. The number of benzene rings is 1. The smallest absolute Gasteiger partial charge is 0.250 e. The molecule has 0 unspecified atom stereocenters. The third kappa shape index (κ3) is 1.96. The second-order valence-electron chi connectivity index (χ2n) is 4.16. The number of carbonyl (C=O) groups excluding carboxylic acids is 1. The van der Waals surface area contributed by atoms with E-state index >= 15 is 0 Å². The highest BCUT2D eigenvalue weighted by Crippen LogP contribution is 2.29. The molecule has 1 aromatic carbocycles. The highest BCUT2D eigenvalue weighted by Gasteiger charge is 2.19. The number of nitrogens with two attached hydrogens (primary N) is 2. The molecule has 1 heterocycles. The number of nitrogens with zero attached hydrogens (tertiary/aromatic N) is 1. The van der Waals surface area contributed by atoms with Gasteiger partial charge in [0.25, 0.3) is 5.91 Å². The number of carbonyl (C=O) groups is 1. The molecule has 0 aromatic heterocycles. The number of hydrogen-bond acceptors (Lipinski definition) is 3. The minimum absolute atomic E-state index is 0.409. The number of amides is 1. The monoisotopic (exact) mass is 219 g/mol. The highest BCUT2D eigenvalue weighted by atomic mass is 16.1. The molecule has 0 saturated carbocycles. The van der Waals surface area contributed by atoms with Gasteiger partial charge < -0.3 is 16.4 Å². The summed E-state index contributed by atoms with van der Waals surface area (Å²) in [5.41, 5.74) is 13.3. The summed E-state index contributed by atoms with van der Waals surface area (Å²) in [6.07, 6.45) is 3.54. The van der Waals surface area contributed by atoms with Gasteiger partial charge in [-0.05, 0) is 31.4 Å². The van der Waals surface area contributed by atoms with Gasteiger partial charge in [-0.3, -0.25) is 4.79 Å². The summed E-state index contributed by atoms with van der Waals surface area (Å²) in [5, 5.41) is 0. The number of primary amides is 1. The maximum Gasteiger partial charge on any atom is 0.250 e. The van der Waals surface area contributed by atoms with E-state index in [2.05, 4.69) is 4.90 Å². The van der Waals surface area contributed by atoms with E-state index in [1.165, 1.54) is 6.42 Å². The Bertz CT molecular complexity index is 397. The van der Waals surface area contributed by atoms with E-state index in [9.17, 15) is 4.79 Å². The van der Waals surface area contributed by atoms with Crippen LogP contribution in [0.15, 0.2) is 18.2 Å². The van der Waals surface area contributed by atoms with Crippen molar-refractivity contribution in [1.29, 1.82) is 0 Å². The molecular weight excluding hydrogens is 202 g/mol. The van der Waals surface area contributed by atoms with Crippen LogP contribution in [0.5, 0.6) is 0 Å². The van der Waals surface area contributed by atoms with Crippen molar-refractivity contribution < 1.29 is 4.79 Å². The van der Waals surface area contributed by atoms with Crippen LogP contribution in [0.3, 0.4) is 0 Å². The van der Waals surface area contributed by atoms with Crippen LogP contribution in [0.2, 0.25) is 0 Å². The average molecular weight is 219 g/mol. The van der Waals surface area contributed by atoms with Gasteiger partial charge in [0, 0.05) is 13.1 Å². The summed E-state index contributed by atoms with van der Waals surface area (Å²) in [4.78, 5) is 13.5. The molecule has 1 aliphatic rings. The standard InChI is InChI=1S/C12H17N3O/c13-10-6-4-5-9(12(14)16)11(10)15-7-2-1-3-8-15/h4-6H,1-3,7-8,13H2,(H2,14,16). The Kier molecular flexibility index (Phi) is 2.99. The Balaban J connectivity index is 2.40. The predicted octanol–water partition coefficient (Wildman–Crippen LogP) is 1.36. The zero-order valence-corrected chi connectivity index (χ0v) is 9.28. The fourth-order valence-corrected chi connectivity index (χ4v) is 2.23. The van der Waals surface area contributed by atoms with Crippen LogP contribution >= 0.6 is 0 Å². The van der Waals surface area contributed by atoms with E-state index in [1.807, 2.05) is 6.07 Å². The molecule has 86 valence electrons. The Morgan fingerprint density at radius 3 is 2.50 bits per heavy atom. The maximum atomic E-state index is 11.4. The molecule has 0 aliphatic carbocycles. The van der Waals surface area contributed by atoms with Crippen LogP contribution in [-0.4, -0.2) is 19.0 Å². The SMILES string of the molecule is NC(=O)c1cccc(N)c1N1CCCCC1. The molecule has 4 heteroatoms. The van der Waals surface area contributed by atoms with Crippen LogP contribution < -0.4 is 16.4 Å². The van der Waals surface area contributed by atoms with Gasteiger partial charge in [0.15, 0.2) is 0 Å². The molecule has 1 amide bonds. The van der Waals surface area contributed by atoms with E-state index in [0.29, 0.717) is 11.3 Å². The van der Waals surface area contributed by atoms with Crippen molar-refractivity contribution in [2.24, 2.45) is 5.73 Å². The van der Waals surface area contributed by atoms with Crippen molar-refractivity contribution >= 4 is 17.3 Å². The van der Waals surface area contributed by atoms with Gasteiger partial charge in [0.2, 0.25) is 0 Å². The zero-order valence-electron chi connectivity index (χ0n) is 9.28. The number of para-hydroxylation sites is 1. The summed E-state index contributed by atoms with van der Waals surface area (Å²) in [5.74, 6) is -0.409. The van der Waals surface area contributed by atoms with Crippen LogP contribution in [0.1, 0.15) is 29.6 Å². The number of rotatable bonds is 2. The molecule has 1 fully saturated rings. The first-order valence-corrected chi connectivity index (χ1v) is 5.63. The van der Waals surface area contributed by atoms with Gasteiger partial charge in [0.05, 0.1) is 16.9 Å². The van der Waals surface area contributed by atoms with Crippen LogP contribution in [0.25, 0.3) is 0 Å². The van der Waals surface area contributed by atoms with Gasteiger partial charge >= 0.3 is 0 Å². The minimum Gasteiger partial charge on any atom is -0.397 e. The molecule has 0 radical (unpaired) electrons. The first kappa shape index (κ1) is 10.8. The lowest BCUT2D eigenvalue weighted by Crippen LogP contribution is -2.32. The Morgan fingerprint density at radius 2 is 1.88 bits per heavy atom. The van der Waals surface area contributed by atoms with Crippen LogP contribution in [-0.2, 0) is 0 Å². The fourth-order valence-electron chi connectivity index (χ4n) is 2.23. The lowest BCUT2D eigenvalue weighted by molar-refractivity contribution is 0.100. The molecule has 1 aromatic rings. The van der Waals surface area contributed by atoms with Gasteiger partial charge in [-0.2, -0.15) is 0 Å². The van der Waals surface area contributed by atoms with E-state index in [0.717, 1.165) is 31.6 Å². The molecule has 4 nitrogen and oxygen atoms in total. The van der Waals surface area contributed by atoms with Crippen LogP contribution in [0.4, 0.5) is 11.4 Å². The van der Waals surface area contributed by atoms with Crippen molar-refractivity contribution in [2.45, 2.75) is 19.3 Å². The number of hydrogen-bond donors (Lipinski definition) is 2. The fraction of sp³-hybridized carbons (Fsp3) is 0.417. The molecule has 0 spiro atoms. The molecule has 2 rings (SSSR count). The average Bonchev–Trinajstić information content (AvgIpc) is 2.29. The molecule has 1 saturated heterocycles. The lowest BCUT2D eigenvalue weighted by Gasteiger charge is -2.31. The van der Waals surface area contributed by atoms with Crippen molar-refractivity contribution in [1.82, 2.24) is 0 Å². The maximum absolute atomic E-state index is 11.4. The van der Waals surface area contributed by atoms with E-state index in [4.69, 9.17) is 11.5 Å². The molecule has 16 heavy (non-hydrogen) atoms. The first-order valence-electron chi connectivity index (χ1n) is 5.63. The first-order chi connectivity index (χ1) is 7.70. The highest BCUT2D eigenvalue weighted by molar-refractivity contribution is 6.01.